The zero-order valence-electron chi connectivity index (χ0n) is 15.4. The van der Waals surface area contributed by atoms with Crippen LogP contribution >= 0.6 is 23.2 Å². The smallest absolute Gasteiger partial charge is 0.347 e. The molecule has 1 aromatic rings. The van der Waals surface area contributed by atoms with Crippen LogP contribution in [0.2, 0.25) is 10.0 Å². The van der Waals surface area contributed by atoms with Crippen LogP contribution in [0.5, 0.6) is 5.75 Å². The second-order valence-electron chi connectivity index (χ2n) is 8.56. The van der Waals surface area contributed by atoms with E-state index in [0.717, 1.165) is 19.3 Å². The largest absolute Gasteiger partial charge is 0.477 e. The number of halogens is 2. The summed E-state index contributed by atoms with van der Waals surface area (Å²) in [5.74, 6) is 1.95. The van der Waals surface area contributed by atoms with Gasteiger partial charge in [-0.05, 0) is 81.4 Å². The molecular formula is C21H24Cl2O4. The van der Waals surface area contributed by atoms with Crippen LogP contribution in [-0.4, -0.2) is 24.5 Å². The molecule has 27 heavy (non-hydrogen) atoms. The van der Waals surface area contributed by atoms with Crippen molar-refractivity contribution >= 4 is 35.0 Å². The van der Waals surface area contributed by atoms with Gasteiger partial charge in [0.1, 0.15) is 5.75 Å². The fourth-order valence-electron chi connectivity index (χ4n) is 5.67. The number of carbonyl (C=O) groups excluding carboxylic acids is 2. The molecular weight excluding hydrogens is 387 g/mol. The number of hydrogen-bond donors (Lipinski definition) is 0. The predicted octanol–water partition coefficient (Wildman–Crippen LogP) is 5.09. The Bertz CT molecular complexity index is 725. The third kappa shape index (κ3) is 3.84. The first-order valence-electron chi connectivity index (χ1n) is 9.66. The molecule has 0 radical (unpaired) electrons. The molecule has 1 aromatic carbocycles. The summed E-state index contributed by atoms with van der Waals surface area (Å²) in [6.45, 7) is 1.43. The van der Waals surface area contributed by atoms with E-state index < -0.39 is 12.1 Å². The quantitative estimate of drug-likeness (QED) is 0.612. The Balaban J connectivity index is 1.33. The molecule has 4 saturated carbocycles. The minimum atomic E-state index is -0.854. The van der Waals surface area contributed by atoms with Crippen LogP contribution in [0.25, 0.3) is 0 Å². The van der Waals surface area contributed by atoms with E-state index in [9.17, 15) is 9.59 Å². The maximum absolute atomic E-state index is 12.9. The van der Waals surface area contributed by atoms with Crippen LogP contribution in [0, 0.1) is 23.2 Å². The standard InChI is InChI=1S/C21H24Cl2O4/c1-12(27-18-3-2-16(22)7-17(18)23)20(25)26-11-19(24)21-8-13-4-14(9-21)6-15(5-13)10-21/h2-3,7,12-15H,4-6,8-11H2,1H3. The second-order valence-corrected chi connectivity index (χ2v) is 9.41. The van der Waals surface area contributed by atoms with E-state index in [1.165, 1.54) is 19.3 Å². The SMILES string of the molecule is CC(Oc1ccc(Cl)cc1Cl)C(=O)OCC(=O)C12CC3CC(CC(C3)C1)C2. The molecule has 1 unspecified atom stereocenters. The van der Waals surface area contributed by atoms with Crippen molar-refractivity contribution in [3.8, 4) is 5.75 Å². The van der Waals surface area contributed by atoms with Crippen molar-refractivity contribution in [2.45, 2.75) is 51.6 Å². The Kier molecular flexibility index (Phi) is 5.15. The highest BCUT2D eigenvalue weighted by Crippen LogP contribution is 2.60. The average molecular weight is 411 g/mol. The van der Waals surface area contributed by atoms with Gasteiger partial charge in [-0.25, -0.2) is 4.79 Å². The summed E-state index contributed by atoms with van der Waals surface area (Å²) in [7, 11) is 0. The molecule has 0 heterocycles. The molecule has 4 aliphatic rings. The van der Waals surface area contributed by atoms with E-state index in [-0.39, 0.29) is 17.8 Å². The molecule has 4 fully saturated rings. The molecule has 0 N–H and O–H groups in total. The first-order chi connectivity index (χ1) is 12.8. The molecule has 146 valence electrons. The maximum Gasteiger partial charge on any atom is 0.347 e. The van der Waals surface area contributed by atoms with E-state index in [1.54, 1.807) is 25.1 Å². The number of benzene rings is 1. The van der Waals surface area contributed by atoms with E-state index in [1.807, 2.05) is 0 Å². The molecule has 4 nitrogen and oxygen atoms in total. The molecule has 6 heteroatoms. The Morgan fingerprint density at radius 1 is 1.11 bits per heavy atom. The van der Waals surface area contributed by atoms with Crippen LogP contribution in [0.1, 0.15) is 45.4 Å². The van der Waals surface area contributed by atoms with Gasteiger partial charge >= 0.3 is 5.97 Å². The van der Waals surface area contributed by atoms with E-state index >= 15 is 0 Å². The topological polar surface area (TPSA) is 52.6 Å². The Hall–Kier alpha value is -1.26. The van der Waals surface area contributed by atoms with Crippen LogP contribution < -0.4 is 4.74 Å². The van der Waals surface area contributed by atoms with Crippen LogP contribution in [0.4, 0.5) is 0 Å². The molecule has 0 aliphatic heterocycles. The molecule has 4 bridgehead atoms. The van der Waals surface area contributed by atoms with Gasteiger partial charge in [0.15, 0.2) is 18.5 Å². The Morgan fingerprint density at radius 2 is 1.70 bits per heavy atom. The summed E-state index contributed by atoms with van der Waals surface area (Å²) in [4.78, 5) is 25.2. The van der Waals surface area contributed by atoms with Crippen LogP contribution in [0.15, 0.2) is 18.2 Å². The third-order valence-electron chi connectivity index (χ3n) is 6.50. The third-order valence-corrected chi connectivity index (χ3v) is 7.04. The number of ether oxygens (including phenoxy) is 2. The summed E-state index contributed by atoms with van der Waals surface area (Å²) in [5, 5.41) is 0.815. The van der Waals surface area contributed by atoms with Crippen LogP contribution in [0.3, 0.4) is 0 Å². The van der Waals surface area contributed by atoms with Gasteiger partial charge in [-0.1, -0.05) is 23.2 Å². The highest BCUT2D eigenvalue weighted by molar-refractivity contribution is 6.35. The zero-order valence-corrected chi connectivity index (χ0v) is 16.9. The van der Waals surface area contributed by atoms with Gasteiger partial charge in [-0.15, -0.1) is 0 Å². The Morgan fingerprint density at radius 3 is 2.26 bits per heavy atom. The number of Topliss-reactive ketones (excluding diaryl/α,β-unsaturated/α-hetero) is 1. The summed E-state index contributed by atoms with van der Waals surface area (Å²) >= 11 is 11.9. The molecule has 0 aromatic heterocycles. The lowest BCUT2D eigenvalue weighted by Gasteiger charge is -2.55. The summed E-state index contributed by atoms with van der Waals surface area (Å²) in [6, 6.07) is 4.79. The minimum Gasteiger partial charge on any atom is -0.477 e. The highest BCUT2D eigenvalue weighted by atomic mass is 35.5. The molecule has 1 atom stereocenters. The molecule has 0 spiro atoms. The number of carbonyl (C=O) groups is 2. The molecule has 4 aliphatic carbocycles. The summed E-state index contributed by atoms with van der Waals surface area (Å²) in [6.07, 6.45) is 5.90. The lowest BCUT2D eigenvalue weighted by atomic mass is 9.48. The van der Waals surface area contributed by atoms with Gasteiger partial charge in [0.25, 0.3) is 0 Å². The van der Waals surface area contributed by atoms with E-state index in [0.29, 0.717) is 33.5 Å². The average Bonchev–Trinajstić information content (AvgIpc) is 2.60. The normalized spacial score (nSPS) is 32.2. The van der Waals surface area contributed by atoms with E-state index in [4.69, 9.17) is 32.7 Å². The lowest BCUT2D eigenvalue weighted by Crippen LogP contribution is -2.51. The summed E-state index contributed by atoms with van der Waals surface area (Å²) < 4.78 is 10.9. The van der Waals surface area contributed by atoms with Gasteiger partial charge in [0.2, 0.25) is 0 Å². The second kappa shape index (κ2) is 7.29. The summed E-state index contributed by atoms with van der Waals surface area (Å²) in [5.41, 5.74) is -0.251. The number of hydrogen-bond acceptors (Lipinski definition) is 4. The monoisotopic (exact) mass is 410 g/mol. The number of rotatable bonds is 6. The van der Waals surface area contributed by atoms with Gasteiger partial charge in [-0.3, -0.25) is 4.79 Å². The van der Waals surface area contributed by atoms with Crippen molar-refractivity contribution in [1.29, 1.82) is 0 Å². The first kappa shape index (κ1) is 19.1. The fraction of sp³-hybridized carbons (Fsp3) is 0.619. The molecule has 0 saturated heterocycles. The van der Waals surface area contributed by atoms with Crippen molar-refractivity contribution in [1.82, 2.24) is 0 Å². The van der Waals surface area contributed by atoms with Crippen molar-refractivity contribution in [2.75, 3.05) is 6.61 Å². The lowest BCUT2D eigenvalue weighted by molar-refractivity contribution is -0.161. The fourth-order valence-corrected chi connectivity index (χ4v) is 6.12. The first-order valence-corrected chi connectivity index (χ1v) is 10.4. The van der Waals surface area contributed by atoms with Crippen molar-refractivity contribution in [2.24, 2.45) is 23.2 Å². The van der Waals surface area contributed by atoms with E-state index in [2.05, 4.69) is 0 Å². The van der Waals surface area contributed by atoms with Gasteiger partial charge in [0, 0.05) is 10.4 Å². The van der Waals surface area contributed by atoms with Gasteiger partial charge in [0.05, 0.1) is 5.02 Å². The maximum atomic E-state index is 12.9. The van der Waals surface area contributed by atoms with Crippen molar-refractivity contribution in [3.63, 3.8) is 0 Å². The molecule has 5 rings (SSSR count). The minimum absolute atomic E-state index is 0.0895. The highest BCUT2D eigenvalue weighted by Gasteiger charge is 2.54. The molecule has 0 amide bonds. The van der Waals surface area contributed by atoms with Crippen molar-refractivity contribution < 1.29 is 19.1 Å². The predicted molar refractivity (Wildman–Crippen MR) is 103 cm³/mol. The zero-order chi connectivity index (χ0) is 19.2. The van der Waals surface area contributed by atoms with Crippen molar-refractivity contribution in [3.05, 3.63) is 28.2 Å². The van der Waals surface area contributed by atoms with Gasteiger partial charge < -0.3 is 9.47 Å². The number of esters is 1. The Labute approximate surface area is 169 Å². The van der Waals surface area contributed by atoms with Gasteiger partial charge in [-0.2, -0.15) is 0 Å². The van der Waals surface area contributed by atoms with Crippen LogP contribution in [-0.2, 0) is 14.3 Å². The number of ketones is 1.